The summed E-state index contributed by atoms with van der Waals surface area (Å²) in [5.74, 6) is 1.22. The van der Waals surface area contributed by atoms with Gasteiger partial charge in [-0.15, -0.1) is 0 Å². The van der Waals surface area contributed by atoms with E-state index < -0.39 is 0 Å². The predicted molar refractivity (Wildman–Crippen MR) is 65.5 cm³/mol. The van der Waals surface area contributed by atoms with Crippen molar-refractivity contribution in [2.75, 3.05) is 26.5 Å². The highest BCUT2D eigenvalue weighted by Crippen LogP contribution is 2.30. The summed E-state index contributed by atoms with van der Waals surface area (Å²) in [4.78, 5) is 17.5. The summed E-state index contributed by atoms with van der Waals surface area (Å²) in [5.41, 5.74) is 0.419. The molecule has 5 nitrogen and oxygen atoms in total. The number of pyridine rings is 1. The SMILES string of the molecule is CNc1nc(C(=O)N(C)C)ccc1OC1CC1. The summed E-state index contributed by atoms with van der Waals surface area (Å²) in [6.45, 7) is 0. The molecular formula is C12H17N3O2. The highest BCUT2D eigenvalue weighted by molar-refractivity contribution is 5.92. The average molecular weight is 235 g/mol. The van der Waals surface area contributed by atoms with Crippen molar-refractivity contribution in [3.8, 4) is 5.75 Å². The Morgan fingerprint density at radius 2 is 2.18 bits per heavy atom. The maximum Gasteiger partial charge on any atom is 0.272 e. The molecule has 1 saturated carbocycles. The Morgan fingerprint density at radius 1 is 1.47 bits per heavy atom. The molecule has 0 bridgehead atoms. The zero-order valence-electron chi connectivity index (χ0n) is 10.4. The van der Waals surface area contributed by atoms with Gasteiger partial charge >= 0.3 is 0 Å². The third-order valence-electron chi connectivity index (χ3n) is 2.54. The highest BCUT2D eigenvalue weighted by atomic mass is 16.5. The van der Waals surface area contributed by atoms with Crippen LogP contribution in [0.15, 0.2) is 12.1 Å². The topological polar surface area (TPSA) is 54.5 Å². The summed E-state index contributed by atoms with van der Waals surface area (Å²) in [5, 5.41) is 2.96. The van der Waals surface area contributed by atoms with Gasteiger partial charge in [-0.1, -0.05) is 0 Å². The molecule has 0 saturated heterocycles. The first-order valence-electron chi connectivity index (χ1n) is 5.69. The van der Waals surface area contributed by atoms with Gasteiger partial charge < -0.3 is 15.0 Å². The number of nitrogens with zero attached hydrogens (tertiary/aromatic N) is 2. The number of carbonyl (C=O) groups is 1. The Bertz CT molecular complexity index is 428. The number of rotatable bonds is 4. The fourth-order valence-corrected chi connectivity index (χ4v) is 1.43. The van der Waals surface area contributed by atoms with Crippen LogP contribution in [0.5, 0.6) is 5.75 Å². The van der Waals surface area contributed by atoms with Crippen molar-refractivity contribution < 1.29 is 9.53 Å². The number of hydrogen-bond donors (Lipinski definition) is 1. The van der Waals surface area contributed by atoms with Gasteiger partial charge in [-0.2, -0.15) is 0 Å². The number of aromatic nitrogens is 1. The molecule has 0 spiro atoms. The fraction of sp³-hybridized carbons (Fsp3) is 0.500. The smallest absolute Gasteiger partial charge is 0.272 e. The molecule has 0 aliphatic heterocycles. The number of nitrogens with one attached hydrogen (secondary N) is 1. The summed E-state index contributed by atoms with van der Waals surface area (Å²) in [7, 11) is 5.18. The normalized spacial score (nSPS) is 14.3. The molecule has 1 fully saturated rings. The van der Waals surface area contributed by atoms with Gasteiger partial charge in [0.2, 0.25) is 0 Å². The largest absolute Gasteiger partial charge is 0.487 e. The van der Waals surface area contributed by atoms with E-state index in [-0.39, 0.29) is 5.91 Å². The van der Waals surface area contributed by atoms with Crippen LogP contribution in [0.25, 0.3) is 0 Å². The van der Waals surface area contributed by atoms with E-state index in [2.05, 4.69) is 10.3 Å². The second kappa shape index (κ2) is 4.61. The van der Waals surface area contributed by atoms with Crippen LogP contribution in [0.4, 0.5) is 5.82 Å². The lowest BCUT2D eigenvalue weighted by molar-refractivity contribution is 0.0822. The average Bonchev–Trinajstić information content (AvgIpc) is 3.12. The van der Waals surface area contributed by atoms with Crippen LogP contribution in [0, 0.1) is 0 Å². The Morgan fingerprint density at radius 3 is 2.71 bits per heavy atom. The van der Waals surface area contributed by atoms with E-state index in [1.54, 1.807) is 33.3 Å². The van der Waals surface area contributed by atoms with Crippen molar-refractivity contribution in [2.45, 2.75) is 18.9 Å². The van der Waals surface area contributed by atoms with Crippen molar-refractivity contribution in [3.05, 3.63) is 17.8 Å². The van der Waals surface area contributed by atoms with Crippen LogP contribution in [0.1, 0.15) is 23.3 Å². The second-order valence-electron chi connectivity index (χ2n) is 4.31. The maximum atomic E-state index is 11.8. The van der Waals surface area contributed by atoms with Crippen LogP contribution < -0.4 is 10.1 Å². The molecule has 1 N–H and O–H groups in total. The second-order valence-corrected chi connectivity index (χ2v) is 4.31. The van der Waals surface area contributed by atoms with Crippen molar-refractivity contribution in [1.29, 1.82) is 0 Å². The third-order valence-corrected chi connectivity index (χ3v) is 2.54. The predicted octanol–water partition coefficient (Wildman–Crippen LogP) is 1.37. The molecule has 0 unspecified atom stereocenters. The van der Waals surface area contributed by atoms with Crippen molar-refractivity contribution in [1.82, 2.24) is 9.88 Å². The van der Waals surface area contributed by atoms with Gasteiger partial charge in [0, 0.05) is 21.1 Å². The molecular weight excluding hydrogens is 218 g/mol. The Hall–Kier alpha value is -1.78. The monoisotopic (exact) mass is 235 g/mol. The molecule has 5 heteroatoms. The summed E-state index contributed by atoms with van der Waals surface area (Å²) >= 11 is 0. The van der Waals surface area contributed by atoms with Crippen LogP contribution >= 0.6 is 0 Å². The molecule has 17 heavy (non-hydrogen) atoms. The molecule has 1 aliphatic carbocycles. The molecule has 2 rings (SSSR count). The zero-order chi connectivity index (χ0) is 12.4. The molecule has 1 aromatic heterocycles. The van der Waals surface area contributed by atoms with E-state index in [1.807, 2.05) is 0 Å². The number of anilines is 1. The number of ether oxygens (including phenoxy) is 1. The third kappa shape index (κ3) is 2.67. The standard InChI is InChI=1S/C12H17N3O2/c1-13-11-10(17-8-4-5-8)7-6-9(14-11)12(16)15(2)3/h6-8H,4-5H2,1-3H3,(H,13,14). The van der Waals surface area contributed by atoms with Gasteiger partial charge in [-0.3, -0.25) is 4.79 Å². The van der Waals surface area contributed by atoms with E-state index in [1.165, 1.54) is 4.90 Å². The molecule has 1 amide bonds. The van der Waals surface area contributed by atoms with Gasteiger partial charge in [0.05, 0.1) is 6.10 Å². The maximum absolute atomic E-state index is 11.8. The minimum atomic E-state index is -0.112. The van der Waals surface area contributed by atoms with E-state index in [0.29, 0.717) is 23.4 Å². The number of hydrogen-bond acceptors (Lipinski definition) is 4. The van der Waals surface area contributed by atoms with Crippen molar-refractivity contribution in [2.24, 2.45) is 0 Å². The first-order valence-corrected chi connectivity index (χ1v) is 5.69. The summed E-state index contributed by atoms with van der Waals surface area (Å²) in [6.07, 6.45) is 2.52. The molecule has 0 atom stereocenters. The van der Waals surface area contributed by atoms with Crippen LogP contribution in [-0.4, -0.2) is 43.0 Å². The summed E-state index contributed by atoms with van der Waals surface area (Å²) in [6, 6.07) is 3.49. The van der Waals surface area contributed by atoms with E-state index in [4.69, 9.17) is 4.74 Å². The molecule has 0 radical (unpaired) electrons. The van der Waals surface area contributed by atoms with Gasteiger partial charge in [-0.25, -0.2) is 4.98 Å². The minimum absolute atomic E-state index is 0.112. The lowest BCUT2D eigenvalue weighted by Gasteiger charge is -2.13. The molecule has 1 heterocycles. The molecule has 1 aliphatic rings. The molecule has 1 aromatic rings. The van der Waals surface area contributed by atoms with E-state index in [9.17, 15) is 4.79 Å². The Labute approximate surface area is 101 Å². The fourth-order valence-electron chi connectivity index (χ4n) is 1.43. The molecule has 0 aromatic carbocycles. The Kier molecular flexibility index (Phi) is 3.17. The van der Waals surface area contributed by atoms with Gasteiger partial charge in [-0.05, 0) is 25.0 Å². The van der Waals surface area contributed by atoms with Crippen molar-refractivity contribution >= 4 is 11.7 Å². The lowest BCUT2D eigenvalue weighted by atomic mass is 10.3. The van der Waals surface area contributed by atoms with Gasteiger partial charge in [0.15, 0.2) is 11.6 Å². The zero-order valence-corrected chi connectivity index (χ0v) is 10.4. The first-order chi connectivity index (χ1) is 8.11. The van der Waals surface area contributed by atoms with Crippen LogP contribution in [0.2, 0.25) is 0 Å². The number of amides is 1. The highest BCUT2D eigenvalue weighted by Gasteiger charge is 2.25. The van der Waals surface area contributed by atoms with Crippen molar-refractivity contribution in [3.63, 3.8) is 0 Å². The van der Waals surface area contributed by atoms with Crippen LogP contribution in [0.3, 0.4) is 0 Å². The number of carbonyl (C=O) groups excluding carboxylic acids is 1. The first kappa shape index (κ1) is 11.7. The Balaban J connectivity index is 2.23. The quantitative estimate of drug-likeness (QED) is 0.856. The van der Waals surface area contributed by atoms with Gasteiger partial charge in [0.1, 0.15) is 5.69 Å². The van der Waals surface area contributed by atoms with E-state index in [0.717, 1.165) is 12.8 Å². The summed E-state index contributed by atoms with van der Waals surface area (Å²) < 4.78 is 5.69. The lowest BCUT2D eigenvalue weighted by Crippen LogP contribution is -2.23. The molecule has 92 valence electrons. The van der Waals surface area contributed by atoms with Gasteiger partial charge in [0.25, 0.3) is 5.91 Å². The van der Waals surface area contributed by atoms with E-state index >= 15 is 0 Å². The van der Waals surface area contributed by atoms with Crippen LogP contribution in [-0.2, 0) is 0 Å². The minimum Gasteiger partial charge on any atom is -0.487 e.